The molecule has 108 valence electrons. The number of nitrogen functional groups attached to an aromatic ring is 1. The fourth-order valence-corrected chi connectivity index (χ4v) is 2.04. The molecule has 1 aromatic rings. The van der Waals surface area contributed by atoms with E-state index in [0.717, 1.165) is 25.5 Å². The Kier molecular flexibility index (Phi) is 7.89. The van der Waals surface area contributed by atoms with Crippen LogP contribution in [0.1, 0.15) is 39.5 Å². The number of hydrogen-bond donors (Lipinski definition) is 2. The third kappa shape index (κ3) is 6.96. The summed E-state index contributed by atoms with van der Waals surface area (Å²) in [4.78, 5) is 10.4. The van der Waals surface area contributed by atoms with Crippen molar-refractivity contribution in [2.45, 2.75) is 39.5 Å². The highest BCUT2D eigenvalue weighted by Crippen LogP contribution is 2.05. The summed E-state index contributed by atoms with van der Waals surface area (Å²) in [7, 11) is 0. The van der Waals surface area contributed by atoms with Gasteiger partial charge in [0.25, 0.3) is 0 Å². The number of nitrogens with zero attached hydrogens (tertiary/aromatic N) is 3. The number of nitrogens with one attached hydrogen (secondary N) is 1. The minimum Gasteiger partial charge on any atom is -0.370 e. The van der Waals surface area contributed by atoms with Gasteiger partial charge in [-0.2, -0.15) is 4.98 Å². The molecule has 0 atom stereocenters. The summed E-state index contributed by atoms with van der Waals surface area (Å²) in [5.41, 5.74) is 5.52. The van der Waals surface area contributed by atoms with Crippen LogP contribution in [0.25, 0.3) is 0 Å². The number of unbranched alkanes of at least 4 members (excludes halogenated alkanes) is 3. The van der Waals surface area contributed by atoms with Gasteiger partial charge in [-0.15, -0.1) is 0 Å². The third-order valence-electron chi connectivity index (χ3n) is 3.28. The Hall–Kier alpha value is -1.36. The zero-order valence-electron chi connectivity index (χ0n) is 12.2. The van der Waals surface area contributed by atoms with E-state index in [4.69, 9.17) is 5.73 Å². The van der Waals surface area contributed by atoms with Gasteiger partial charge in [0.15, 0.2) is 0 Å². The fourth-order valence-electron chi connectivity index (χ4n) is 2.04. The molecule has 0 aliphatic rings. The smallest absolute Gasteiger partial charge is 0.221 e. The molecule has 5 nitrogen and oxygen atoms in total. The van der Waals surface area contributed by atoms with E-state index in [-0.39, 0.29) is 0 Å². The summed E-state index contributed by atoms with van der Waals surface area (Å²) in [6.07, 6.45) is 6.69. The predicted octanol–water partition coefficient (Wildman–Crippen LogP) is 2.37. The molecule has 0 amide bonds. The number of anilines is 2. The summed E-state index contributed by atoms with van der Waals surface area (Å²) < 4.78 is 0. The maximum Gasteiger partial charge on any atom is 0.221 e. The van der Waals surface area contributed by atoms with Gasteiger partial charge in [0.1, 0.15) is 5.82 Å². The lowest BCUT2D eigenvalue weighted by atomic mass is 10.2. The Labute approximate surface area is 116 Å². The van der Waals surface area contributed by atoms with Gasteiger partial charge in [0.05, 0.1) is 0 Å². The molecule has 0 aliphatic heterocycles. The van der Waals surface area contributed by atoms with Crippen molar-refractivity contribution in [1.29, 1.82) is 0 Å². The molecule has 0 bridgehead atoms. The Balaban J connectivity index is 1.99. The highest BCUT2D eigenvalue weighted by Gasteiger charge is 1.98. The summed E-state index contributed by atoms with van der Waals surface area (Å²) in [6.45, 7) is 8.94. The van der Waals surface area contributed by atoms with E-state index in [1.54, 1.807) is 6.20 Å². The van der Waals surface area contributed by atoms with Crippen molar-refractivity contribution in [3.63, 3.8) is 0 Å². The average molecular weight is 265 g/mol. The van der Waals surface area contributed by atoms with Crippen LogP contribution in [0.15, 0.2) is 12.3 Å². The molecule has 0 saturated heterocycles. The molecular weight excluding hydrogens is 238 g/mol. The minimum absolute atomic E-state index is 0.323. The van der Waals surface area contributed by atoms with Crippen molar-refractivity contribution in [2.24, 2.45) is 0 Å². The number of rotatable bonds is 10. The molecule has 0 fully saturated rings. The monoisotopic (exact) mass is 265 g/mol. The van der Waals surface area contributed by atoms with Gasteiger partial charge in [0, 0.05) is 12.7 Å². The van der Waals surface area contributed by atoms with Gasteiger partial charge >= 0.3 is 0 Å². The second kappa shape index (κ2) is 9.55. The Morgan fingerprint density at radius 2 is 1.89 bits per heavy atom. The van der Waals surface area contributed by atoms with E-state index in [2.05, 4.69) is 34.0 Å². The second-order valence-electron chi connectivity index (χ2n) is 4.67. The molecule has 0 aromatic carbocycles. The Morgan fingerprint density at radius 1 is 1.16 bits per heavy atom. The molecular formula is C14H27N5. The summed E-state index contributed by atoms with van der Waals surface area (Å²) in [6, 6.07) is 1.84. The molecule has 0 unspecified atom stereocenters. The lowest BCUT2D eigenvalue weighted by Crippen LogP contribution is -2.23. The third-order valence-corrected chi connectivity index (χ3v) is 3.28. The molecule has 0 aliphatic carbocycles. The lowest BCUT2D eigenvalue weighted by molar-refractivity contribution is 0.295. The zero-order valence-corrected chi connectivity index (χ0v) is 12.2. The van der Waals surface area contributed by atoms with Gasteiger partial charge in [0.2, 0.25) is 5.95 Å². The predicted molar refractivity (Wildman–Crippen MR) is 81.2 cm³/mol. The Morgan fingerprint density at radius 3 is 2.58 bits per heavy atom. The van der Waals surface area contributed by atoms with Gasteiger partial charge in [-0.1, -0.05) is 26.7 Å². The van der Waals surface area contributed by atoms with Crippen LogP contribution in [0.5, 0.6) is 0 Å². The van der Waals surface area contributed by atoms with E-state index in [1.165, 1.54) is 32.2 Å². The highest BCUT2D eigenvalue weighted by atomic mass is 15.1. The standard InChI is InChI=1S/C14H27N5/c1-3-19(4-2)12-8-6-5-7-10-16-13-9-11-17-14(15)18-13/h9,11H,3-8,10,12H2,1-2H3,(H3,15,16,17,18). The van der Waals surface area contributed by atoms with Crippen molar-refractivity contribution in [1.82, 2.24) is 14.9 Å². The van der Waals surface area contributed by atoms with Crippen molar-refractivity contribution in [3.8, 4) is 0 Å². The summed E-state index contributed by atoms with van der Waals surface area (Å²) >= 11 is 0. The van der Waals surface area contributed by atoms with Crippen molar-refractivity contribution < 1.29 is 0 Å². The van der Waals surface area contributed by atoms with Crippen LogP contribution in [0.4, 0.5) is 11.8 Å². The maximum atomic E-state index is 5.52. The van der Waals surface area contributed by atoms with E-state index in [0.29, 0.717) is 5.95 Å². The normalized spacial score (nSPS) is 10.9. The molecule has 0 saturated carbocycles. The van der Waals surface area contributed by atoms with Crippen LogP contribution in [0, 0.1) is 0 Å². The molecule has 1 heterocycles. The lowest BCUT2D eigenvalue weighted by Gasteiger charge is -2.17. The van der Waals surface area contributed by atoms with Gasteiger partial charge in [-0.05, 0) is 38.5 Å². The van der Waals surface area contributed by atoms with Crippen LogP contribution >= 0.6 is 0 Å². The highest BCUT2D eigenvalue weighted by molar-refractivity contribution is 5.36. The van der Waals surface area contributed by atoms with Crippen LogP contribution in [0.2, 0.25) is 0 Å². The number of hydrogen-bond acceptors (Lipinski definition) is 5. The molecule has 1 aromatic heterocycles. The largest absolute Gasteiger partial charge is 0.370 e. The zero-order chi connectivity index (χ0) is 13.9. The van der Waals surface area contributed by atoms with Gasteiger partial charge in [-0.3, -0.25) is 0 Å². The molecule has 5 heteroatoms. The fraction of sp³-hybridized carbons (Fsp3) is 0.714. The van der Waals surface area contributed by atoms with Crippen molar-refractivity contribution in [3.05, 3.63) is 12.3 Å². The van der Waals surface area contributed by atoms with Crippen LogP contribution in [0.3, 0.4) is 0 Å². The quantitative estimate of drug-likeness (QED) is 0.636. The molecule has 19 heavy (non-hydrogen) atoms. The van der Waals surface area contributed by atoms with Gasteiger partial charge < -0.3 is 16.0 Å². The number of aromatic nitrogens is 2. The summed E-state index contributed by atoms with van der Waals surface area (Å²) in [5, 5.41) is 3.27. The van der Waals surface area contributed by atoms with Crippen LogP contribution in [-0.2, 0) is 0 Å². The summed E-state index contributed by atoms with van der Waals surface area (Å²) in [5.74, 6) is 1.14. The first-order valence-corrected chi connectivity index (χ1v) is 7.31. The van der Waals surface area contributed by atoms with Crippen LogP contribution < -0.4 is 11.1 Å². The van der Waals surface area contributed by atoms with E-state index < -0.39 is 0 Å². The minimum atomic E-state index is 0.323. The van der Waals surface area contributed by atoms with Gasteiger partial charge in [-0.25, -0.2) is 4.98 Å². The van der Waals surface area contributed by atoms with Crippen molar-refractivity contribution in [2.75, 3.05) is 37.2 Å². The van der Waals surface area contributed by atoms with E-state index in [9.17, 15) is 0 Å². The van der Waals surface area contributed by atoms with E-state index >= 15 is 0 Å². The molecule has 3 N–H and O–H groups in total. The molecule has 1 rings (SSSR count). The second-order valence-corrected chi connectivity index (χ2v) is 4.67. The first-order chi connectivity index (χ1) is 9.26. The molecule has 0 spiro atoms. The number of nitrogens with two attached hydrogens (primary N) is 1. The SMILES string of the molecule is CCN(CC)CCCCCCNc1ccnc(N)n1. The van der Waals surface area contributed by atoms with Crippen molar-refractivity contribution >= 4 is 11.8 Å². The molecule has 0 radical (unpaired) electrons. The maximum absolute atomic E-state index is 5.52. The first-order valence-electron chi connectivity index (χ1n) is 7.31. The Bertz CT molecular complexity index is 338. The average Bonchev–Trinajstić information content (AvgIpc) is 2.42. The van der Waals surface area contributed by atoms with Crippen LogP contribution in [-0.4, -0.2) is 41.0 Å². The van der Waals surface area contributed by atoms with E-state index in [1.807, 2.05) is 6.07 Å². The first kappa shape index (κ1) is 15.7. The topological polar surface area (TPSA) is 67.1 Å².